The molecule has 0 radical (unpaired) electrons. The summed E-state index contributed by atoms with van der Waals surface area (Å²) in [6.45, 7) is 2.18. The van der Waals surface area contributed by atoms with E-state index >= 15 is 0 Å². The van der Waals surface area contributed by atoms with Gasteiger partial charge in [0, 0.05) is 50.3 Å². The average molecular weight is 279 g/mol. The zero-order valence-corrected chi connectivity index (χ0v) is 13.3. The van der Waals surface area contributed by atoms with E-state index in [4.69, 9.17) is 4.98 Å². The first kappa shape index (κ1) is 13.7. The Bertz CT molecular complexity index is 753. The molecular weight excluding hydrogens is 258 g/mol. The van der Waals surface area contributed by atoms with Gasteiger partial charge < -0.3 is 9.80 Å². The molecule has 2 aromatic carbocycles. The molecule has 0 atom stereocenters. The maximum absolute atomic E-state index is 4.87. The second-order valence-electron chi connectivity index (χ2n) is 5.93. The number of aryl methyl sites for hydroxylation is 1. The Kier molecular flexibility index (Phi) is 3.20. The van der Waals surface area contributed by atoms with Crippen molar-refractivity contribution in [2.45, 2.75) is 6.92 Å². The lowest BCUT2D eigenvalue weighted by Crippen LogP contribution is -2.09. The van der Waals surface area contributed by atoms with Crippen molar-refractivity contribution in [2.75, 3.05) is 38.0 Å². The van der Waals surface area contributed by atoms with Crippen LogP contribution in [0.1, 0.15) is 5.56 Å². The largest absolute Gasteiger partial charge is 0.378 e. The highest BCUT2D eigenvalue weighted by atomic mass is 15.1. The Morgan fingerprint density at radius 1 is 0.714 bits per heavy atom. The number of fused-ring (bicyclic) bond motifs is 2. The molecule has 3 heteroatoms. The first-order chi connectivity index (χ1) is 9.97. The lowest BCUT2D eigenvalue weighted by molar-refractivity contribution is 1.13. The van der Waals surface area contributed by atoms with Crippen LogP contribution in [0.4, 0.5) is 11.4 Å². The molecular formula is C18H21N3. The highest BCUT2D eigenvalue weighted by Crippen LogP contribution is 2.29. The highest BCUT2D eigenvalue weighted by Gasteiger charge is 2.08. The molecule has 0 bridgehead atoms. The topological polar surface area (TPSA) is 19.4 Å². The summed E-state index contributed by atoms with van der Waals surface area (Å²) in [6.07, 6.45) is 0. The van der Waals surface area contributed by atoms with Crippen molar-refractivity contribution in [3.8, 4) is 0 Å². The summed E-state index contributed by atoms with van der Waals surface area (Å²) in [5.41, 5.74) is 5.77. The van der Waals surface area contributed by atoms with Gasteiger partial charge in [0.1, 0.15) is 0 Å². The molecule has 0 aliphatic heterocycles. The molecule has 1 heterocycles. The molecule has 108 valence electrons. The fraction of sp³-hybridized carbons (Fsp3) is 0.278. The predicted octanol–water partition coefficient (Wildman–Crippen LogP) is 3.83. The summed E-state index contributed by atoms with van der Waals surface area (Å²) in [7, 11) is 8.22. The third kappa shape index (κ3) is 2.29. The fourth-order valence-corrected chi connectivity index (χ4v) is 2.69. The summed E-state index contributed by atoms with van der Waals surface area (Å²) in [4.78, 5) is 9.09. The molecule has 3 rings (SSSR count). The van der Waals surface area contributed by atoms with Crippen LogP contribution in [-0.4, -0.2) is 33.2 Å². The number of rotatable bonds is 2. The highest BCUT2D eigenvalue weighted by molar-refractivity contribution is 5.99. The quantitative estimate of drug-likeness (QED) is 0.665. The van der Waals surface area contributed by atoms with Crippen molar-refractivity contribution in [3.63, 3.8) is 0 Å². The van der Waals surface area contributed by atoms with Crippen LogP contribution in [0, 0.1) is 6.92 Å². The number of aromatic nitrogens is 1. The molecule has 0 N–H and O–H groups in total. The molecule has 0 fully saturated rings. The van der Waals surface area contributed by atoms with Crippen LogP contribution in [0.25, 0.3) is 21.8 Å². The average Bonchev–Trinajstić information content (AvgIpc) is 2.46. The Balaban J connectivity index is 2.32. The van der Waals surface area contributed by atoms with E-state index in [0.29, 0.717) is 0 Å². The van der Waals surface area contributed by atoms with Gasteiger partial charge in [-0.05, 0) is 36.8 Å². The zero-order chi connectivity index (χ0) is 15.1. The number of anilines is 2. The van der Waals surface area contributed by atoms with Crippen LogP contribution in [0.15, 0.2) is 36.4 Å². The van der Waals surface area contributed by atoms with E-state index in [-0.39, 0.29) is 0 Å². The maximum Gasteiger partial charge on any atom is 0.0733 e. The van der Waals surface area contributed by atoms with Crippen molar-refractivity contribution >= 4 is 33.2 Å². The van der Waals surface area contributed by atoms with Crippen LogP contribution in [0.3, 0.4) is 0 Å². The monoisotopic (exact) mass is 279 g/mol. The van der Waals surface area contributed by atoms with Crippen LogP contribution < -0.4 is 9.80 Å². The molecule has 1 aromatic heterocycles. The molecule has 0 saturated carbocycles. The molecule has 0 aliphatic rings. The van der Waals surface area contributed by atoms with E-state index in [0.717, 1.165) is 11.0 Å². The minimum Gasteiger partial charge on any atom is -0.378 e. The third-order valence-electron chi connectivity index (χ3n) is 4.04. The predicted molar refractivity (Wildman–Crippen MR) is 92.6 cm³/mol. The van der Waals surface area contributed by atoms with Crippen molar-refractivity contribution in [1.29, 1.82) is 0 Å². The second kappa shape index (κ2) is 4.92. The molecule has 0 saturated heterocycles. The maximum atomic E-state index is 4.87. The normalized spacial score (nSPS) is 11.1. The van der Waals surface area contributed by atoms with E-state index in [1.807, 2.05) is 0 Å². The molecule has 0 spiro atoms. The van der Waals surface area contributed by atoms with Crippen LogP contribution in [-0.2, 0) is 0 Å². The van der Waals surface area contributed by atoms with Crippen molar-refractivity contribution in [1.82, 2.24) is 4.98 Å². The van der Waals surface area contributed by atoms with Gasteiger partial charge >= 0.3 is 0 Å². The van der Waals surface area contributed by atoms with Crippen molar-refractivity contribution in [3.05, 3.63) is 42.0 Å². The molecule has 3 nitrogen and oxygen atoms in total. The van der Waals surface area contributed by atoms with Gasteiger partial charge in [-0.3, -0.25) is 0 Å². The molecule has 3 aromatic rings. The van der Waals surface area contributed by atoms with E-state index < -0.39 is 0 Å². The Morgan fingerprint density at radius 2 is 1.14 bits per heavy atom. The number of pyridine rings is 1. The molecule has 21 heavy (non-hydrogen) atoms. The van der Waals surface area contributed by atoms with Crippen molar-refractivity contribution < 1.29 is 0 Å². The molecule has 0 amide bonds. The van der Waals surface area contributed by atoms with E-state index in [9.17, 15) is 0 Å². The minimum atomic E-state index is 1.06. The molecule has 0 aliphatic carbocycles. The Hall–Kier alpha value is -2.29. The van der Waals surface area contributed by atoms with E-state index in [1.165, 1.54) is 27.7 Å². The molecule has 0 unspecified atom stereocenters. The zero-order valence-electron chi connectivity index (χ0n) is 13.3. The van der Waals surface area contributed by atoms with Gasteiger partial charge in [0.15, 0.2) is 0 Å². The Morgan fingerprint density at radius 3 is 1.52 bits per heavy atom. The van der Waals surface area contributed by atoms with Crippen molar-refractivity contribution in [2.24, 2.45) is 0 Å². The number of hydrogen-bond acceptors (Lipinski definition) is 3. The Labute approximate surface area is 125 Å². The van der Waals surface area contributed by atoms with Crippen LogP contribution in [0.5, 0.6) is 0 Å². The standard InChI is InChI=1S/C18H21N3/c1-12-15-8-6-13(20(2)3)10-17(15)19-18-11-14(21(4)5)7-9-16(12)18/h6-11H,1-5H3. The summed E-state index contributed by atoms with van der Waals surface area (Å²) < 4.78 is 0. The van der Waals surface area contributed by atoms with Gasteiger partial charge in [0.2, 0.25) is 0 Å². The minimum absolute atomic E-state index is 1.06. The van der Waals surface area contributed by atoms with E-state index in [1.54, 1.807) is 0 Å². The SMILES string of the molecule is Cc1c2ccc(N(C)C)cc2nc2cc(N(C)C)ccc12. The second-order valence-corrected chi connectivity index (χ2v) is 5.93. The summed E-state index contributed by atoms with van der Waals surface area (Å²) >= 11 is 0. The number of hydrogen-bond donors (Lipinski definition) is 0. The van der Waals surface area contributed by atoms with Crippen LogP contribution in [0.2, 0.25) is 0 Å². The van der Waals surface area contributed by atoms with Crippen LogP contribution >= 0.6 is 0 Å². The summed E-state index contributed by atoms with van der Waals surface area (Å²) in [5.74, 6) is 0. The lowest BCUT2D eigenvalue weighted by Gasteiger charge is -2.16. The smallest absolute Gasteiger partial charge is 0.0733 e. The van der Waals surface area contributed by atoms with Gasteiger partial charge in [-0.25, -0.2) is 4.98 Å². The van der Waals surface area contributed by atoms with Gasteiger partial charge in [0.25, 0.3) is 0 Å². The number of benzene rings is 2. The number of nitrogens with zero attached hydrogens (tertiary/aromatic N) is 3. The van der Waals surface area contributed by atoms with Gasteiger partial charge in [0.05, 0.1) is 11.0 Å². The van der Waals surface area contributed by atoms with Gasteiger partial charge in [-0.1, -0.05) is 12.1 Å². The first-order valence-corrected chi connectivity index (χ1v) is 7.16. The summed E-state index contributed by atoms with van der Waals surface area (Å²) in [6, 6.07) is 13.0. The van der Waals surface area contributed by atoms with E-state index in [2.05, 4.69) is 81.3 Å². The third-order valence-corrected chi connectivity index (χ3v) is 4.04. The van der Waals surface area contributed by atoms with Gasteiger partial charge in [-0.15, -0.1) is 0 Å². The van der Waals surface area contributed by atoms with Gasteiger partial charge in [-0.2, -0.15) is 0 Å². The lowest BCUT2D eigenvalue weighted by atomic mass is 10.0. The fourth-order valence-electron chi connectivity index (χ4n) is 2.69. The summed E-state index contributed by atoms with van der Waals surface area (Å²) in [5, 5.41) is 2.46. The first-order valence-electron chi connectivity index (χ1n) is 7.16.